The maximum absolute atomic E-state index is 13.8. The van der Waals surface area contributed by atoms with Crippen LogP contribution in [0.25, 0.3) is 0 Å². The van der Waals surface area contributed by atoms with E-state index in [0.717, 1.165) is 35.1 Å². The molecule has 3 aliphatic rings. The van der Waals surface area contributed by atoms with E-state index in [0.29, 0.717) is 12.8 Å². The van der Waals surface area contributed by atoms with E-state index in [1.807, 2.05) is 0 Å². The van der Waals surface area contributed by atoms with E-state index in [9.17, 15) is 9.90 Å². The van der Waals surface area contributed by atoms with E-state index >= 15 is 0 Å². The molecule has 36 heavy (non-hydrogen) atoms. The highest BCUT2D eigenvalue weighted by Crippen LogP contribution is 2.57. The molecular weight excluding hydrogens is 480 g/mol. The lowest BCUT2D eigenvalue weighted by Gasteiger charge is -2.58. The summed E-state index contributed by atoms with van der Waals surface area (Å²) < 4.78 is 14.2. The molecule has 1 saturated carbocycles. The van der Waals surface area contributed by atoms with Gasteiger partial charge in [-0.15, -0.1) is 0 Å². The van der Waals surface area contributed by atoms with E-state index < -0.39 is 33.8 Å². The van der Waals surface area contributed by atoms with Crippen molar-refractivity contribution >= 4 is 22.4 Å². The lowest BCUT2D eigenvalue weighted by Crippen LogP contribution is -2.65. The minimum Gasteiger partial charge on any atom is -0.410 e. The molecule has 0 spiro atoms. The molecular formula is C30H52O4Si2. The third-order valence-corrected chi connectivity index (χ3v) is 19.2. The smallest absolute Gasteiger partial charge is 0.193 e. The summed E-state index contributed by atoms with van der Waals surface area (Å²) in [5.41, 5.74) is 1.98. The summed E-state index contributed by atoms with van der Waals surface area (Å²) >= 11 is 0. The van der Waals surface area contributed by atoms with Crippen molar-refractivity contribution < 1.29 is 18.8 Å². The Kier molecular flexibility index (Phi) is 7.56. The van der Waals surface area contributed by atoms with E-state index in [4.69, 9.17) is 8.85 Å². The number of ketones is 1. The Morgan fingerprint density at radius 2 is 1.42 bits per heavy atom. The van der Waals surface area contributed by atoms with E-state index in [1.54, 1.807) is 0 Å². The highest BCUT2D eigenvalue weighted by atomic mass is 28.4. The molecule has 0 aromatic rings. The van der Waals surface area contributed by atoms with Gasteiger partial charge in [-0.1, -0.05) is 73.1 Å². The molecule has 0 heterocycles. The third-order valence-electron chi connectivity index (χ3n) is 10.3. The number of carbonyl (C=O) groups is 1. The second-order valence-corrected chi connectivity index (χ2v) is 24.5. The third kappa shape index (κ3) is 4.86. The van der Waals surface area contributed by atoms with Gasteiger partial charge in [-0.2, -0.15) is 0 Å². The van der Waals surface area contributed by atoms with Gasteiger partial charge in [0.2, 0.25) is 0 Å². The van der Waals surface area contributed by atoms with Crippen molar-refractivity contribution in [2.24, 2.45) is 5.41 Å². The number of allylic oxidation sites excluding steroid dienone is 2. The minimum atomic E-state index is -2.30. The minimum absolute atomic E-state index is 0.0285. The van der Waals surface area contributed by atoms with Crippen LogP contribution in [0.2, 0.25) is 36.3 Å². The Bertz CT molecular complexity index is 1000. The van der Waals surface area contributed by atoms with Crippen molar-refractivity contribution in [1.29, 1.82) is 0 Å². The van der Waals surface area contributed by atoms with E-state index in [-0.39, 0.29) is 22.0 Å². The zero-order chi connectivity index (χ0) is 27.7. The molecule has 3 rings (SSSR count). The molecule has 4 nitrogen and oxygen atoms in total. The average Bonchev–Trinajstić information content (AvgIpc) is 2.71. The van der Waals surface area contributed by atoms with Crippen LogP contribution >= 0.6 is 0 Å². The molecule has 0 radical (unpaired) electrons. The zero-order valence-electron chi connectivity index (χ0n) is 25.3. The molecule has 2 bridgehead atoms. The van der Waals surface area contributed by atoms with Gasteiger partial charge < -0.3 is 14.0 Å². The van der Waals surface area contributed by atoms with Crippen molar-refractivity contribution in [1.82, 2.24) is 0 Å². The summed E-state index contributed by atoms with van der Waals surface area (Å²) in [6.07, 6.45) is 5.97. The molecule has 0 aromatic carbocycles. The largest absolute Gasteiger partial charge is 0.410 e. The topological polar surface area (TPSA) is 55.8 Å². The summed E-state index contributed by atoms with van der Waals surface area (Å²) in [5.74, 6) is 0.141. The van der Waals surface area contributed by atoms with Crippen molar-refractivity contribution in [2.75, 3.05) is 0 Å². The van der Waals surface area contributed by atoms with Crippen LogP contribution in [0.5, 0.6) is 0 Å². The van der Waals surface area contributed by atoms with Crippen molar-refractivity contribution in [2.45, 2.75) is 142 Å². The summed E-state index contributed by atoms with van der Waals surface area (Å²) in [4.78, 5) is 13.8. The van der Waals surface area contributed by atoms with Crippen LogP contribution in [-0.2, 0) is 13.6 Å². The molecule has 3 aliphatic carbocycles. The number of aliphatic hydroxyl groups is 1. The fraction of sp³-hybridized carbons (Fsp3) is 0.767. The number of hydrogen-bond acceptors (Lipinski definition) is 4. The number of fused-ring (bicyclic) bond motifs is 3. The predicted molar refractivity (Wildman–Crippen MR) is 155 cm³/mol. The first-order chi connectivity index (χ1) is 16.1. The van der Waals surface area contributed by atoms with Crippen LogP contribution in [0.1, 0.15) is 88.0 Å². The highest BCUT2D eigenvalue weighted by molar-refractivity contribution is 6.74. The van der Waals surface area contributed by atoms with Gasteiger partial charge in [0.15, 0.2) is 22.4 Å². The number of carbonyl (C=O) groups excluding carboxylic acids is 1. The number of hydrogen-bond donors (Lipinski definition) is 1. The maximum Gasteiger partial charge on any atom is 0.193 e. The predicted octanol–water partition coefficient (Wildman–Crippen LogP) is 7.86. The van der Waals surface area contributed by atoms with Crippen LogP contribution in [-0.4, -0.2) is 45.3 Å². The molecule has 1 N–H and O–H groups in total. The SMILES string of the molecule is CC1=C2CC(=O)C3=CCCC=C3[C@H](O[Si](C)(C)C(C)(C)C)[C@](O)(C[C@@H]1O[Si](C)(C)C(C)(C)C)C2(C)C. The molecule has 0 aromatic heterocycles. The summed E-state index contributed by atoms with van der Waals surface area (Å²) in [7, 11) is -4.43. The Balaban J connectivity index is 2.26. The van der Waals surface area contributed by atoms with Crippen LogP contribution in [0, 0.1) is 5.41 Å². The molecule has 204 valence electrons. The first-order valence-electron chi connectivity index (χ1n) is 13.8. The number of rotatable bonds is 4. The van der Waals surface area contributed by atoms with E-state index in [2.05, 4.69) is 101 Å². The van der Waals surface area contributed by atoms with Gasteiger partial charge in [-0.3, -0.25) is 4.79 Å². The van der Waals surface area contributed by atoms with Gasteiger partial charge in [-0.05, 0) is 67.2 Å². The Morgan fingerprint density at radius 3 is 1.94 bits per heavy atom. The second kappa shape index (κ2) is 9.15. The van der Waals surface area contributed by atoms with Crippen molar-refractivity contribution in [3.63, 3.8) is 0 Å². The van der Waals surface area contributed by atoms with Gasteiger partial charge in [0.05, 0.1) is 6.10 Å². The Morgan fingerprint density at radius 1 is 0.917 bits per heavy atom. The summed E-state index contributed by atoms with van der Waals surface area (Å²) in [6.45, 7) is 28.8. The van der Waals surface area contributed by atoms with Gasteiger partial charge >= 0.3 is 0 Å². The van der Waals surface area contributed by atoms with Crippen molar-refractivity contribution in [3.8, 4) is 0 Å². The molecule has 0 aliphatic heterocycles. The average molecular weight is 533 g/mol. The molecule has 0 saturated heterocycles. The molecule has 1 fully saturated rings. The fourth-order valence-corrected chi connectivity index (χ4v) is 8.05. The number of Topliss-reactive ketones (excluding diaryl/α,β-unsaturated/α-hetero) is 1. The summed E-state index contributed by atoms with van der Waals surface area (Å²) in [5, 5.41) is 13.0. The van der Waals surface area contributed by atoms with Crippen LogP contribution in [0.15, 0.2) is 34.4 Å². The van der Waals surface area contributed by atoms with Crippen LogP contribution in [0.4, 0.5) is 0 Å². The standard InChI is InChI=1S/C30H52O4Si2/c1-20-23-18-24(31)21-16-14-15-17-22(21)26(34-36(12,13)28(5,6)7)30(32,29(23,8)9)19-25(20)33-35(10,11)27(2,3)4/h16-17,25-26,32H,14-15,18-19H2,1-13H3/t25-,26-,30+/m0/s1. The van der Waals surface area contributed by atoms with Gasteiger partial charge in [-0.25, -0.2) is 0 Å². The van der Waals surface area contributed by atoms with Crippen LogP contribution in [0.3, 0.4) is 0 Å². The highest BCUT2D eigenvalue weighted by Gasteiger charge is 2.61. The van der Waals surface area contributed by atoms with Crippen LogP contribution < -0.4 is 0 Å². The lowest BCUT2D eigenvalue weighted by molar-refractivity contribution is -0.145. The first-order valence-corrected chi connectivity index (χ1v) is 19.6. The van der Waals surface area contributed by atoms with E-state index in [1.165, 1.54) is 0 Å². The Hall–Kier alpha value is -0.796. The Labute approximate surface area is 222 Å². The first kappa shape index (κ1) is 29.8. The fourth-order valence-electron chi connectivity index (χ4n) is 5.46. The quantitative estimate of drug-likeness (QED) is 0.296. The van der Waals surface area contributed by atoms with Crippen molar-refractivity contribution in [3.05, 3.63) is 34.4 Å². The molecule has 3 atom stereocenters. The van der Waals surface area contributed by atoms with Gasteiger partial charge in [0.25, 0.3) is 0 Å². The monoisotopic (exact) mass is 532 g/mol. The molecule has 0 unspecified atom stereocenters. The maximum atomic E-state index is 13.8. The molecule has 0 amide bonds. The summed E-state index contributed by atoms with van der Waals surface area (Å²) in [6, 6.07) is 0. The van der Waals surface area contributed by atoms with Gasteiger partial charge in [0, 0.05) is 23.8 Å². The molecule has 6 heteroatoms. The normalized spacial score (nSPS) is 29.8. The lowest BCUT2D eigenvalue weighted by atomic mass is 9.55. The van der Waals surface area contributed by atoms with Gasteiger partial charge in [0.1, 0.15) is 11.7 Å². The second-order valence-electron chi connectivity index (χ2n) is 15.0. The zero-order valence-corrected chi connectivity index (χ0v) is 27.3.